The summed E-state index contributed by atoms with van der Waals surface area (Å²) < 4.78 is 5.74. The zero-order valence-electron chi connectivity index (χ0n) is 16.8. The van der Waals surface area contributed by atoms with Gasteiger partial charge in [0.1, 0.15) is 5.82 Å². The van der Waals surface area contributed by atoms with E-state index >= 15 is 0 Å². The minimum absolute atomic E-state index is 0.110. The van der Waals surface area contributed by atoms with Crippen molar-refractivity contribution in [2.45, 2.75) is 12.8 Å². The highest BCUT2D eigenvalue weighted by Gasteiger charge is 2.15. The molecular weight excluding hydrogens is 402 g/mol. The lowest BCUT2D eigenvalue weighted by molar-refractivity contribution is -0.116. The van der Waals surface area contributed by atoms with E-state index in [2.05, 4.69) is 32.1 Å². The van der Waals surface area contributed by atoms with Crippen LogP contribution < -0.4 is 10.2 Å². The van der Waals surface area contributed by atoms with E-state index in [1.165, 1.54) is 0 Å². The van der Waals surface area contributed by atoms with Crippen LogP contribution in [0.5, 0.6) is 0 Å². The smallest absolute Gasteiger partial charge is 0.224 e. The summed E-state index contributed by atoms with van der Waals surface area (Å²) in [7, 11) is 2.12. The number of anilines is 2. The Morgan fingerprint density at radius 2 is 1.90 bits per heavy atom. The zero-order chi connectivity index (χ0) is 20.9. The third-order valence-electron chi connectivity index (χ3n) is 5.12. The van der Waals surface area contributed by atoms with Crippen molar-refractivity contribution in [1.82, 2.24) is 14.9 Å². The van der Waals surface area contributed by atoms with Crippen LogP contribution in [0.2, 0.25) is 5.02 Å². The Morgan fingerprint density at radius 3 is 2.63 bits per heavy atom. The maximum atomic E-state index is 12.3. The second-order valence-electron chi connectivity index (χ2n) is 7.34. The molecule has 30 heavy (non-hydrogen) atoms. The third kappa shape index (κ3) is 4.98. The molecule has 7 nitrogen and oxygen atoms in total. The number of oxazole rings is 1. The van der Waals surface area contributed by atoms with Crippen LogP contribution in [0.4, 0.5) is 11.5 Å². The average molecular weight is 426 g/mol. The van der Waals surface area contributed by atoms with Crippen LogP contribution in [-0.4, -0.2) is 54.0 Å². The Morgan fingerprint density at radius 1 is 1.10 bits per heavy atom. The van der Waals surface area contributed by atoms with Crippen molar-refractivity contribution >= 4 is 29.0 Å². The minimum atomic E-state index is -0.110. The third-order valence-corrected chi connectivity index (χ3v) is 5.45. The van der Waals surface area contributed by atoms with Gasteiger partial charge in [-0.15, -0.1) is 0 Å². The molecule has 8 heteroatoms. The van der Waals surface area contributed by atoms with Crippen molar-refractivity contribution in [1.29, 1.82) is 0 Å². The first-order valence-corrected chi connectivity index (χ1v) is 10.4. The van der Waals surface area contributed by atoms with Gasteiger partial charge in [-0.2, -0.15) is 0 Å². The quantitative estimate of drug-likeness (QED) is 0.648. The monoisotopic (exact) mass is 425 g/mol. The van der Waals surface area contributed by atoms with Crippen molar-refractivity contribution in [3.05, 3.63) is 59.7 Å². The molecule has 0 aliphatic carbocycles. The molecule has 3 aromatic rings. The highest BCUT2D eigenvalue weighted by atomic mass is 35.5. The lowest BCUT2D eigenvalue weighted by Crippen LogP contribution is -2.44. The van der Waals surface area contributed by atoms with Gasteiger partial charge in [-0.05, 0) is 31.3 Å². The maximum Gasteiger partial charge on any atom is 0.224 e. The van der Waals surface area contributed by atoms with E-state index in [0.717, 1.165) is 37.6 Å². The number of pyridine rings is 1. The van der Waals surface area contributed by atoms with Gasteiger partial charge in [0.25, 0.3) is 0 Å². The molecule has 1 amide bonds. The first-order valence-electron chi connectivity index (χ1n) is 9.97. The molecule has 1 N–H and O–H groups in total. The number of aryl methyl sites for hydroxylation is 1. The molecule has 1 aliphatic rings. The van der Waals surface area contributed by atoms with E-state index in [9.17, 15) is 4.79 Å². The van der Waals surface area contributed by atoms with Crippen LogP contribution >= 0.6 is 11.6 Å². The van der Waals surface area contributed by atoms with Gasteiger partial charge in [0, 0.05) is 44.6 Å². The number of nitrogens with zero attached hydrogens (tertiary/aromatic N) is 4. The Kier molecular flexibility index (Phi) is 6.30. The van der Waals surface area contributed by atoms with Crippen LogP contribution in [0.1, 0.15) is 12.3 Å². The molecule has 1 saturated heterocycles. The Balaban J connectivity index is 1.28. The molecule has 0 unspecified atom stereocenters. The van der Waals surface area contributed by atoms with Gasteiger partial charge in [0.15, 0.2) is 11.7 Å². The average Bonchev–Trinajstić information content (AvgIpc) is 3.23. The number of amides is 1. The van der Waals surface area contributed by atoms with E-state index in [0.29, 0.717) is 28.8 Å². The number of piperazine rings is 1. The number of nitrogens with one attached hydrogen (secondary N) is 1. The number of halogens is 1. The largest absolute Gasteiger partial charge is 0.441 e. The number of carbonyl (C=O) groups excluding carboxylic acids is 1. The lowest BCUT2D eigenvalue weighted by atomic mass is 10.2. The number of benzene rings is 1. The number of aromatic nitrogens is 2. The summed E-state index contributed by atoms with van der Waals surface area (Å²) in [6, 6.07) is 11.3. The predicted molar refractivity (Wildman–Crippen MR) is 118 cm³/mol. The van der Waals surface area contributed by atoms with Gasteiger partial charge in [-0.25, -0.2) is 9.97 Å². The van der Waals surface area contributed by atoms with E-state index in [1.54, 1.807) is 18.5 Å². The summed E-state index contributed by atoms with van der Waals surface area (Å²) in [4.78, 5) is 25.6. The fourth-order valence-electron chi connectivity index (χ4n) is 3.34. The van der Waals surface area contributed by atoms with E-state index < -0.39 is 0 Å². The highest BCUT2D eigenvalue weighted by molar-refractivity contribution is 6.33. The summed E-state index contributed by atoms with van der Waals surface area (Å²) in [5.74, 6) is 1.93. The summed E-state index contributed by atoms with van der Waals surface area (Å²) in [5.41, 5.74) is 1.47. The molecule has 0 bridgehead atoms. The second-order valence-corrected chi connectivity index (χ2v) is 7.75. The minimum Gasteiger partial charge on any atom is -0.441 e. The van der Waals surface area contributed by atoms with Crippen molar-refractivity contribution in [2.24, 2.45) is 0 Å². The number of carbonyl (C=O) groups is 1. The Hall–Kier alpha value is -2.90. The predicted octanol–water partition coefficient (Wildman–Crippen LogP) is 3.71. The SMILES string of the molecule is CN1CCN(c2ccc(NC(=O)CCc3ncc(-c4ccccc4Cl)o3)cn2)CC1. The second kappa shape index (κ2) is 9.28. The van der Waals surface area contributed by atoms with Crippen LogP contribution in [0.3, 0.4) is 0 Å². The van der Waals surface area contributed by atoms with Crippen molar-refractivity contribution < 1.29 is 9.21 Å². The fourth-order valence-corrected chi connectivity index (χ4v) is 3.57. The van der Waals surface area contributed by atoms with Crippen LogP contribution in [0.15, 0.2) is 53.2 Å². The first-order chi connectivity index (χ1) is 14.6. The zero-order valence-corrected chi connectivity index (χ0v) is 17.6. The molecule has 1 aliphatic heterocycles. The molecule has 3 heterocycles. The molecular formula is C22H24ClN5O2. The molecule has 156 valence electrons. The van der Waals surface area contributed by atoms with Crippen molar-refractivity contribution in [3.8, 4) is 11.3 Å². The van der Waals surface area contributed by atoms with Crippen molar-refractivity contribution in [3.63, 3.8) is 0 Å². The van der Waals surface area contributed by atoms with E-state index in [-0.39, 0.29) is 12.3 Å². The topological polar surface area (TPSA) is 74.5 Å². The van der Waals surface area contributed by atoms with Gasteiger partial charge in [-0.1, -0.05) is 23.7 Å². The molecule has 0 radical (unpaired) electrons. The summed E-state index contributed by atoms with van der Waals surface area (Å²) >= 11 is 6.19. The number of hydrogen-bond donors (Lipinski definition) is 1. The molecule has 4 rings (SSSR count). The molecule has 0 spiro atoms. The summed E-state index contributed by atoms with van der Waals surface area (Å²) in [6.45, 7) is 3.97. The first kappa shape index (κ1) is 20.4. The van der Waals surface area contributed by atoms with Crippen LogP contribution in [0.25, 0.3) is 11.3 Å². The van der Waals surface area contributed by atoms with Crippen LogP contribution in [0, 0.1) is 0 Å². The molecule has 1 fully saturated rings. The van der Waals surface area contributed by atoms with Gasteiger partial charge < -0.3 is 19.5 Å². The molecule has 1 aromatic carbocycles. The van der Waals surface area contributed by atoms with Gasteiger partial charge in [0.2, 0.25) is 5.91 Å². The Bertz CT molecular complexity index is 997. The number of rotatable bonds is 6. The normalized spacial score (nSPS) is 14.7. The molecule has 0 saturated carbocycles. The summed E-state index contributed by atoms with van der Waals surface area (Å²) in [5, 5.41) is 3.48. The van der Waals surface area contributed by atoms with Crippen molar-refractivity contribution in [2.75, 3.05) is 43.4 Å². The number of hydrogen-bond acceptors (Lipinski definition) is 6. The fraction of sp³-hybridized carbons (Fsp3) is 0.318. The Labute approximate surface area is 180 Å². The van der Waals surface area contributed by atoms with Crippen LogP contribution in [-0.2, 0) is 11.2 Å². The molecule has 0 atom stereocenters. The van der Waals surface area contributed by atoms with Gasteiger partial charge in [-0.3, -0.25) is 4.79 Å². The van der Waals surface area contributed by atoms with E-state index in [4.69, 9.17) is 16.0 Å². The maximum absolute atomic E-state index is 12.3. The van der Waals surface area contributed by atoms with E-state index in [1.807, 2.05) is 30.3 Å². The molecule has 2 aromatic heterocycles. The number of likely N-dealkylation sites (N-methyl/N-ethyl adjacent to an activating group) is 1. The summed E-state index contributed by atoms with van der Waals surface area (Å²) in [6.07, 6.45) is 4.01. The van der Waals surface area contributed by atoms with Gasteiger partial charge >= 0.3 is 0 Å². The lowest BCUT2D eigenvalue weighted by Gasteiger charge is -2.33. The van der Waals surface area contributed by atoms with Gasteiger partial charge in [0.05, 0.1) is 23.1 Å². The standard InChI is InChI=1S/C22H24ClN5O2/c1-27-10-12-28(13-11-27)20-7-6-16(14-24-20)26-21(29)8-9-22-25-15-19(30-22)17-4-2-3-5-18(17)23/h2-7,14-15H,8-13H2,1H3,(H,26,29). The highest BCUT2D eigenvalue weighted by Crippen LogP contribution is 2.28.